The number of Topliss-reactive ketones (excluding diaryl/α,β-unsaturated/α-hetero) is 1. The number of benzene rings is 3. The highest BCUT2D eigenvalue weighted by atomic mass is 35.5. The summed E-state index contributed by atoms with van der Waals surface area (Å²) >= 11 is 8.44. The predicted octanol–water partition coefficient (Wildman–Crippen LogP) is 6.35. The van der Waals surface area contributed by atoms with Crippen molar-refractivity contribution < 1.29 is 28.9 Å². The SMILES string of the molecule is CCOc1cc(C2/C(=C(/O)c3ccc(Cl)cc3)C(=O)C(=O)N2c2nnc(SCc3ccc(F)cc3)s2)ccc1O. The van der Waals surface area contributed by atoms with Crippen molar-refractivity contribution in [3.63, 3.8) is 0 Å². The number of phenols is 1. The number of anilines is 1. The van der Waals surface area contributed by atoms with Gasteiger partial charge in [0.25, 0.3) is 5.78 Å². The van der Waals surface area contributed by atoms with Crippen LogP contribution in [0, 0.1) is 5.82 Å². The standard InChI is InChI=1S/C28H21ClFN3O5S2/c1-2-38-21-13-17(7-12-20(21)34)23-22(24(35)16-5-8-18(29)9-6-16)25(36)26(37)33(23)27-31-32-28(40-27)39-14-15-3-10-19(30)11-4-15/h3-13,23,34-35H,2,14H2,1H3/b24-22-. The summed E-state index contributed by atoms with van der Waals surface area (Å²) in [5, 5.41) is 30.4. The molecule has 40 heavy (non-hydrogen) atoms. The number of rotatable bonds is 8. The summed E-state index contributed by atoms with van der Waals surface area (Å²) in [5.41, 5.74) is 1.42. The first-order valence-corrected chi connectivity index (χ1v) is 14.2. The van der Waals surface area contributed by atoms with E-state index >= 15 is 0 Å². The highest BCUT2D eigenvalue weighted by Gasteiger charge is 2.48. The monoisotopic (exact) mass is 597 g/mol. The minimum atomic E-state index is -1.08. The molecule has 2 heterocycles. The molecule has 8 nitrogen and oxygen atoms in total. The van der Waals surface area contributed by atoms with Crippen LogP contribution in [0.5, 0.6) is 11.5 Å². The predicted molar refractivity (Wildman–Crippen MR) is 151 cm³/mol. The van der Waals surface area contributed by atoms with Crippen LogP contribution in [0.2, 0.25) is 5.02 Å². The molecule has 4 aromatic rings. The number of ether oxygens (including phenoxy) is 1. The quantitative estimate of drug-likeness (QED) is 0.0794. The Morgan fingerprint density at radius 1 is 1.10 bits per heavy atom. The molecule has 204 valence electrons. The van der Waals surface area contributed by atoms with Crippen molar-refractivity contribution in [3.8, 4) is 11.5 Å². The Labute approximate surface area is 241 Å². The molecule has 3 aromatic carbocycles. The molecule has 1 unspecified atom stereocenters. The van der Waals surface area contributed by atoms with Gasteiger partial charge in [0.2, 0.25) is 5.13 Å². The van der Waals surface area contributed by atoms with Crippen molar-refractivity contribution in [1.82, 2.24) is 10.2 Å². The fourth-order valence-electron chi connectivity index (χ4n) is 4.16. The van der Waals surface area contributed by atoms with Crippen LogP contribution >= 0.6 is 34.7 Å². The van der Waals surface area contributed by atoms with E-state index in [1.54, 1.807) is 49.4 Å². The second-order valence-corrected chi connectivity index (χ2v) is 11.2. The zero-order chi connectivity index (χ0) is 28.4. The number of amides is 1. The van der Waals surface area contributed by atoms with Gasteiger partial charge in [-0.2, -0.15) is 0 Å². The molecule has 1 amide bonds. The Morgan fingerprint density at radius 3 is 2.52 bits per heavy atom. The first kappa shape index (κ1) is 27.6. The van der Waals surface area contributed by atoms with E-state index in [4.69, 9.17) is 16.3 Å². The van der Waals surface area contributed by atoms with Crippen molar-refractivity contribution >= 4 is 57.3 Å². The van der Waals surface area contributed by atoms with E-state index in [9.17, 15) is 24.2 Å². The molecule has 1 aliphatic rings. The van der Waals surface area contributed by atoms with E-state index in [2.05, 4.69) is 10.2 Å². The van der Waals surface area contributed by atoms with Gasteiger partial charge in [-0.3, -0.25) is 14.5 Å². The Morgan fingerprint density at radius 2 is 1.82 bits per heavy atom. The maximum absolute atomic E-state index is 13.4. The van der Waals surface area contributed by atoms with Gasteiger partial charge in [-0.15, -0.1) is 10.2 Å². The second kappa shape index (κ2) is 11.7. The molecule has 12 heteroatoms. The molecule has 0 bridgehead atoms. The number of phenolic OH excluding ortho intramolecular Hbond substituents is 1. The molecule has 1 aliphatic heterocycles. The lowest BCUT2D eigenvalue weighted by Gasteiger charge is -2.23. The molecule has 1 fully saturated rings. The number of halogens is 2. The fourth-order valence-corrected chi connectivity index (χ4v) is 6.11. The largest absolute Gasteiger partial charge is 0.507 e. The number of hydrogen-bond donors (Lipinski definition) is 2. The molecule has 1 atom stereocenters. The summed E-state index contributed by atoms with van der Waals surface area (Å²) < 4.78 is 19.3. The summed E-state index contributed by atoms with van der Waals surface area (Å²) in [5.74, 6) is -1.98. The smallest absolute Gasteiger partial charge is 0.301 e. The summed E-state index contributed by atoms with van der Waals surface area (Å²) in [7, 11) is 0. The molecule has 0 aliphatic carbocycles. The third kappa shape index (κ3) is 5.53. The minimum Gasteiger partial charge on any atom is -0.507 e. The highest BCUT2D eigenvalue weighted by Crippen LogP contribution is 2.45. The van der Waals surface area contributed by atoms with E-state index in [0.717, 1.165) is 16.9 Å². The van der Waals surface area contributed by atoms with Crippen LogP contribution in [0.4, 0.5) is 9.52 Å². The zero-order valence-corrected chi connectivity index (χ0v) is 23.3. The van der Waals surface area contributed by atoms with E-state index in [1.165, 1.54) is 40.9 Å². The average molecular weight is 598 g/mol. The van der Waals surface area contributed by atoms with Crippen molar-refractivity contribution in [2.24, 2.45) is 0 Å². The van der Waals surface area contributed by atoms with Gasteiger partial charge in [-0.05, 0) is 66.6 Å². The summed E-state index contributed by atoms with van der Waals surface area (Å²) in [6, 6.07) is 15.6. The molecular weight excluding hydrogens is 577 g/mol. The summed E-state index contributed by atoms with van der Waals surface area (Å²) in [4.78, 5) is 28.0. The van der Waals surface area contributed by atoms with Crippen molar-refractivity contribution in [2.75, 3.05) is 11.5 Å². The number of aliphatic hydroxyl groups excluding tert-OH is 1. The minimum absolute atomic E-state index is 0.115. The number of nitrogens with zero attached hydrogens (tertiary/aromatic N) is 3. The molecular formula is C28H21ClFN3O5S2. The van der Waals surface area contributed by atoms with Gasteiger partial charge in [0.1, 0.15) is 11.6 Å². The van der Waals surface area contributed by atoms with Gasteiger partial charge in [0.05, 0.1) is 18.2 Å². The number of aromatic nitrogens is 2. The van der Waals surface area contributed by atoms with Crippen molar-refractivity contribution in [3.05, 3.63) is 99.8 Å². The second-order valence-electron chi connectivity index (χ2n) is 8.60. The number of aliphatic hydroxyl groups is 1. The lowest BCUT2D eigenvalue weighted by atomic mass is 9.95. The molecule has 0 spiro atoms. The number of carbonyl (C=O) groups is 2. The van der Waals surface area contributed by atoms with Crippen LogP contribution < -0.4 is 9.64 Å². The van der Waals surface area contributed by atoms with Crippen LogP contribution in [0.3, 0.4) is 0 Å². The van der Waals surface area contributed by atoms with Crippen LogP contribution in [-0.2, 0) is 15.3 Å². The Balaban J connectivity index is 1.56. The Bertz CT molecular complexity index is 1610. The topological polar surface area (TPSA) is 113 Å². The van der Waals surface area contributed by atoms with Gasteiger partial charge < -0.3 is 14.9 Å². The van der Waals surface area contributed by atoms with Gasteiger partial charge in [-0.1, -0.05) is 52.9 Å². The lowest BCUT2D eigenvalue weighted by Crippen LogP contribution is -2.29. The maximum Gasteiger partial charge on any atom is 0.301 e. The van der Waals surface area contributed by atoms with E-state index in [-0.39, 0.29) is 40.4 Å². The molecule has 0 radical (unpaired) electrons. The number of aromatic hydroxyl groups is 1. The molecule has 1 saturated heterocycles. The average Bonchev–Trinajstić information content (AvgIpc) is 3.52. The van der Waals surface area contributed by atoms with E-state index in [0.29, 0.717) is 26.2 Å². The molecule has 1 aromatic heterocycles. The van der Waals surface area contributed by atoms with Crippen LogP contribution in [0.15, 0.2) is 76.6 Å². The van der Waals surface area contributed by atoms with Crippen molar-refractivity contribution in [2.45, 2.75) is 23.1 Å². The Hall–Kier alpha value is -3.93. The van der Waals surface area contributed by atoms with Gasteiger partial charge >= 0.3 is 5.91 Å². The summed E-state index contributed by atoms with van der Waals surface area (Å²) in [6.07, 6.45) is 0. The van der Waals surface area contributed by atoms with Crippen LogP contribution in [0.1, 0.15) is 29.7 Å². The number of ketones is 1. The lowest BCUT2D eigenvalue weighted by molar-refractivity contribution is -0.132. The first-order valence-electron chi connectivity index (χ1n) is 12.0. The Kier molecular flexibility index (Phi) is 8.06. The van der Waals surface area contributed by atoms with Crippen LogP contribution in [0.25, 0.3) is 5.76 Å². The van der Waals surface area contributed by atoms with Gasteiger partial charge in [0.15, 0.2) is 15.8 Å². The molecule has 2 N–H and O–H groups in total. The molecule has 0 saturated carbocycles. The summed E-state index contributed by atoms with van der Waals surface area (Å²) in [6.45, 7) is 2.03. The van der Waals surface area contributed by atoms with Gasteiger partial charge in [-0.25, -0.2) is 4.39 Å². The van der Waals surface area contributed by atoms with Gasteiger partial charge in [0, 0.05) is 16.3 Å². The zero-order valence-electron chi connectivity index (χ0n) is 20.9. The van der Waals surface area contributed by atoms with Crippen molar-refractivity contribution in [1.29, 1.82) is 0 Å². The normalized spacial score (nSPS) is 16.5. The number of carbonyl (C=O) groups excluding carboxylic acids is 2. The number of thioether (sulfide) groups is 1. The first-order chi connectivity index (χ1) is 19.3. The number of hydrogen-bond acceptors (Lipinski definition) is 9. The fraction of sp³-hybridized carbons (Fsp3) is 0.143. The van der Waals surface area contributed by atoms with Crippen LogP contribution in [-0.4, -0.2) is 38.7 Å². The van der Waals surface area contributed by atoms with E-state index < -0.39 is 17.7 Å². The third-order valence-electron chi connectivity index (χ3n) is 6.04. The highest BCUT2D eigenvalue weighted by molar-refractivity contribution is 8.00. The third-order valence-corrected chi connectivity index (χ3v) is 8.42. The maximum atomic E-state index is 13.4. The van der Waals surface area contributed by atoms with E-state index in [1.807, 2.05) is 0 Å². The molecule has 5 rings (SSSR count).